The smallest absolute Gasteiger partial charge is 0.326 e. The Labute approximate surface area is 139 Å². The van der Waals surface area contributed by atoms with Crippen molar-refractivity contribution in [3.05, 3.63) is 33.9 Å². The Morgan fingerprint density at radius 2 is 2.12 bits per heavy atom. The predicted octanol–water partition coefficient (Wildman–Crippen LogP) is 2.54. The lowest BCUT2D eigenvalue weighted by atomic mass is 10.1. The summed E-state index contributed by atoms with van der Waals surface area (Å²) in [6.07, 6.45) is 3.74. The molecule has 2 rings (SSSR count). The van der Waals surface area contributed by atoms with Crippen LogP contribution >= 0.6 is 0 Å². The SMILES string of the molecule is CCCCC(NC(=O)c1ccc(NC2CC2)c([N+](=O)[O-])c1)C(=O)O. The van der Waals surface area contributed by atoms with Gasteiger partial charge >= 0.3 is 5.97 Å². The van der Waals surface area contributed by atoms with Crippen molar-refractivity contribution in [2.24, 2.45) is 0 Å². The molecule has 8 heteroatoms. The Morgan fingerprint density at radius 1 is 1.42 bits per heavy atom. The lowest BCUT2D eigenvalue weighted by molar-refractivity contribution is -0.384. The molecule has 0 spiro atoms. The number of hydrogen-bond acceptors (Lipinski definition) is 5. The molecule has 24 heavy (non-hydrogen) atoms. The lowest BCUT2D eigenvalue weighted by Crippen LogP contribution is -2.40. The van der Waals surface area contributed by atoms with Gasteiger partial charge in [0, 0.05) is 17.7 Å². The first-order valence-electron chi connectivity index (χ1n) is 8.01. The van der Waals surface area contributed by atoms with Crippen molar-refractivity contribution in [3.63, 3.8) is 0 Å². The van der Waals surface area contributed by atoms with Crippen LogP contribution in [0.25, 0.3) is 0 Å². The highest BCUT2D eigenvalue weighted by atomic mass is 16.6. The summed E-state index contributed by atoms with van der Waals surface area (Å²) in [5.74, 6) is -1.74. The fourth-order valence-electron chi connectivity index (χ4n) is 2.30. The van der Waals surface area contributed by atoms with Crippen LogP contribution in [0.3, 0.4) is 0 Å². The number of nitrogens with one attached hydrogen (secondary N) is 2. The normalized spacial score (nSPS) is 14.7. The van der Waals surface area contributed by atoms with Gasteiger partial charge in [0.25, 0.3) is 11.6 Å². The van der Waals surface area contributed by atoms with E-state index in [9.17, 15) is 19.7 Å². The minimum Gasteiger partial charge on any atom is -0.480 e. The third-order valence-electron chi connectivity index (χ3n) is 3.84. The van der Waals surface area contributed by atoms with Crippen LogP contribution in [0, 0.1) is 10.1 Å². The number of anilines is 1. The number of carbonyl (C=O) groups is 2. The number of nitrogens with zero attached hydrogens (tertiary/aromatic N) is 1. The van der Waals surface area contributed by atoms with Crippen molar-refractivity contribution in [1.29, 1.82) is 0 Å². The second-order valence-electron chi connectivity index (χ2n) is 5.91. The molecule has 0 radical (unpaired) electrons. The van der Waals surface area contributed by atoms with Crippen LogP contribution < -0.4 is 10.6 Å². The van der Waals surface area contributed by atoms with Crippen molar-refractivity contribution < 1.29 is 19.6 Å². The first-order valence-corrected chi connectivity index (χ1v) is 8.01. The average Bonchev–Trinajstić information content (AvgIpc) is 3.35. The van der Waals surface area contributed by atoms with E-state index in [-0.39, 0.29) is 17.3 Å². The Bertz CT molecular complexity index is 643. The van der Waals surface area contributed by atoms with Gasteiger partial charge in [0.15, 0.2) is 0 Å². The van der Waals surface area contributed by atoms with Crippen molar-refractivity contribution >= 4 is 23.3 Å². The molecule has 0 heterocycles. The van der Waals surface area contributed by atoms with E-state index in [2.05, 4.69) is 10.6 Å². The van der Waals surface area contributed by atoms with Crippen LogP contribution in [0.15, 0.2) is 18.2 Å². The molecule has 1 unspecified atom stereocenters. The summed E-state index contributed by atoms with van der Waals surface area (Å²) in [4.78, 5) is 34.1. The van der Waals surface area contributed by atoms with Crippen molar-refractivity contribution in [2.45, 2.75) is 51.1 Å². The minimum atomic E-state index is -1.11. The van der Waals surface area contributed by atoms with Crippen molar-refractivity contribution in [2.75, 3.05) is 5.32 Å². The summed E-state index contributed by atoms with van der Waals surface area (Å²) in [5, 5.41) is 25.8. The van der Waals surface area contributed by atoms with Gasteiger partial charge in [-0.15, -0.1) is 0 Å². The van der Waals surface area contributed by atoms with Crippen LogP contribution in [0.5, 0.6) is 0 Å². The molecule has 0 saturated heterocycles. The van der Waals surface area contributed by atoms with Gasteiger partial charge in [-0.1, -0.05) is 19.8 Å². The van der Waals surface area contributed by atoms with E-state index in [1.165, 1.54) is 18.2 Å². The summed E-state index contributed by atoms with van der Waals surface area (Å²) < 4.78 is 0. The number of hydrogen-bond donors (Lipinski definition) is 3. The van der Waals surface area contributed by atoms with E-state index < -0.39 is 22.8 Å². The third kappa shape index (κ3) is 4.68. The number of carboxylic acid groups (broad SMARTS) is 1. The van der Waals surface area contributed by atoms with Crippen molar-refractivity contribution in [1.82, 2.24) is 5.32 Å². The lowest BCUT2D eigenvalue weighted by Gasteiger charge is -2.14. The fraction of sp³-hybridized carbons (Fsp3) is 0.500. The Kier molecular flexibility index (Phi) is 5.73. The highest BCUT2D eigenvalue weighted by Gasteiger charge is 2.26. The number of carboxylic acids is 1. The van der Waals surface area contributed by atoms with E-state index in [1.807, 2.05) is 6.92 Å². The quantitative estimate of drug-likeness (QED) is 0.471. The number of unbranched alkanes of at least 4 members (excludes halogenated alkanes) is 1. The van der Waals surface area contributed by atoms with Crippen LogP contribution in [0.2, 0.25) is 0 Å². The molecule has 0 aromatic heterocycles. The first kappa shape index (κ1) is 17.7. The van der Waals surface area contributed by atoms with Gasteiger partial charge in [-0.3, -0.25) is 14.9 Å². The van der Waals surface area contributed by atoms with Gasteiger partial charge in [-0.05, 0) is 31.4 Å². The monoisotopic (exact) mass is 335 g/mol. The summed E-state index contributed by atoms with van der Waals surface area (Å²) in [7, 11) is 0. The molecule has 1 atom stereocenters. The molecule has 1 amide bonds. The maximum Gasteiger partial charge on any atom is 0.326 e. The molecule has 0 aliphatic heterocycles. The van der Waals surface area contributed by atoms with Crippen LogP contribution in [0.4, 0.5) is 11.4 Å². The van der Waals surface area contributed by atoms with E-state index in [0.29, 0.717) is 18.5 Å². The first-order chi connectivity index (χ1) is 11.4. The molecular formula is C16H21N3O5. The zero-order chi connectivity index (χ0) is 17.7. The molecule has 1 aliphatic carbocycles. The minimum absolute atomic E-state index is 0.0748. The molecule has 3 N–H and O–H groups in total. The molecular weight excluding hydrogens is 314 g/mol. The maximum absolute atomic E-state index is 12.2. The van der Waals surface area contributed by atoms with E-state index in [4.69, 9.17) is 5.11 Å². The standard InChI is InChI=1S/C16H21N3O5/c1-2-3-4-13(16(21)22)18-15(20)10-5-8-12(17-11-6-7-11)14(9-10)19(23)24/h5,8-9,11,13,17H,2-4,6-7H2,1H3,(H,18,20)(H,21,22). The molecule has 1 aliphatic rings. The van der Waals surface area contributed by atoms with E-state index in [0.717, 1.165) is 19.3 Å². The van der Waals surface area contributed by atoms with Gasteiger partial charge < -0.3 is 15.7 Å². The number of nitro groups is 1. The Hall–Kier alpha value is -2.64. The zero-order valence-electron chi connectivity index (χ0n) is 13.4. The number of carbonyl (C=O) groups excluding carboxylic acids is 1. The number of benzene rings is 1. The van der Waals surface area contributed by atoms with Gasteiger partial charge in [0.05, 0.1) is 4.92 Å². The zero-order valence-corrected chi connectivity index (χ0v) is 13.4. The number of nitro benzene ring substituents is 1. The van der Waals surface area contributed by atoms with Gasteiger partial charge in [0.2, 0.25) is 0 Å². The fourth-order valence-corrected chi connectivity index (χ4v) is 2.30. The molecule has 8 nitrogen and oxygen atoms in total. The topological polar surface area (TPSA) is 122 Å². The second kappa shape index (κ2) is 7.76. The highest BCUT2D eigenvalue weighted by molar-refractivity contribution is 5.97. The number of aliphatic carboxylic acids is 1. The van der Waals surface area contributed by atoms with Crippen LogP contribution in [-0.4, -0.2) is 34.0 Å². The van der Waals surface area contributed by atoms with Gasteiger partial charge in [-0.25, -0.2) is 4.79 Å². The predicted molar refractivity (Wildman–Crippen MR) is 88.2 cm³/mol. The van der Waals surface area contributed by atoms with E-state index in [1.54, 1.807) is 0 Å². The number of amides is 1. The second-order valence-corrected chi connectivity index (χ2v) is 5.91. The maximum atomic E-state index is 12.2. The molecule has 1 aromatic rings. The summed E-state index contributed by atoms with van der Waals surface area (Å²) in [6.45, 7) is 1.93. The number of rotatable bonds is 9. The molecule has 1 fully saturated rings. The average molecular weight is 335 g/mol. The summed E-state index contributed by atoms with van der Waals surface area (Å²) in [5.41, 5.74) is 0.264. The molecule has 130 valence electrons. The van der Waals surface area contributed by atoms with E-state index >= 15 is 0 Å². The Balaban J connectivity index is 2.14. The van der Waals surface area contributed by atoms with Gasteiger partial charge in [-0.2, -0.15) is 0 Å². The summed E-state index contributed by atoms with van der Waals surface area (Å²) >= 11 is 0. The molecule has 0 bridgehead atoms. The largest absolute Gasteiger partial charge is 0.480 e. The highest BCUT2D eigenvalue weighted by Crippen LogP contribution is 2.31. The summed E-state index contributed by atoms with van der Waals surface area (Å²) in [6, 6.07) is 3.38. The third-order valence-corrected chi connectivity index (χ3v) is 3.84. The van der Waals surface area contributed by atoms with Crippen LogP contribution in [-0.2, 0) is 4.79 Å². The molecule has 1 aromatic carbocycles. The van der Waals surface area contributed by atoms with Crippen molar-refractivity contribution in [3.8, 4) is 0 Å². The Morgan fingerprint density at radius 3 is 2.67 bits per heavy atom. The van der Waals surface area contributed by atoms with Crippen LogP contribution in [0.1, 0.15) is 49.4 Å². The molecule has 1 saturated carbocycles. The van der Waals surface area contributed by atoms with Gasteiger partial charge in [0.1, 0.15) is 11.7 Å².